The zero-order valence-corrected chi connectivity index (χ0v) is 20.2. The van der Waals surface area contributed by atoms with Gasteiger partial charge < -0.3 is 19.0 Å². The van der Waals surface area contributed by atoms with E-state index in [1.165, 1.54) is 16.5 Å². The highest BCUT2D eigenvalue weighted by Crippen LogP contribution is 2.34. The molecule has 0 unspecified atom stereocenters. The van der Waals surface area contributed by atoms with Crippen LogP contribution in [0.2, 0.25) is 0 Å². The predicted molar refractivity (Wildman–Crippen MR) is 135 cm³/mol. The van der Waals surface area contributed by atoms with Gasteiger partial charge in [0.05, 0.1) is 19.5 Å². The van der Waals surface area contributed by atoms with Gasteiger partial charge in [-0.05, 0) is 62.0 Å². The normalized spacial score (nSPS) is 21.4. The molecule has 0 radical (unpaired) electrons. The summed E-state index contributed by atoms with van der Waals surface area (Å²) in [6.45, 7) is 8.00. The van der Waals surface area contributed by atoms with Crippen LogP contribution in [0, 0.1) is 11.3 Å². The molecular weight excluding hydrogens is 424 g/mol. The first kappa shape index (κ1) is 23.1. The first-order valence-corrected chi connectivity index (χ1v) is 12.7. The molecule has 0 bridgehead atoms. The van der Waals surface area contributed by atoms with E-state index in [2.05, 4.69) is 53.1 Å². The SMILES string of the molecule is CC1(C(=O)N2CCOC[C@H](Cc3cccc4occc34)C2)CCN(CCc2ccccc2)CC1. The quantitative estimate of drug-likeness (QED) is 0.530. The summed E-state index contributed by atoms with van der Waals surface area (Å²) in [5, 5.41) is 1.17. The fraction of sp³-hybridized carbons (Fsp3) is 0.483. The van der Waals surface area contributed by atoms with Crippen LogP contribution < -0.4 is 0 Å². The predicted octanol–water partition coefficient (Wildman–Crippen LogP) is 4.80. The molecule has 3 heterocycles. The molecule has 0 aliphatic carbocycles. The Labute approximate surface area is 202 Å². The van der Waals surface area contributed by atoms with Crippen LogP contribution in [0.4, 0.5) is 0 Å². The van der Waals surface area contributed by atoms with E-state index in [1.807, 2.05) is 18.2 Å². The number of hydrogen-bond acceptors (Lipinski definition) is 4. The molecule has 1 aromatic heterocycles. The molecule has 1 amide bonds. The monoisotopic (exact) mass is 460 g/mol. The van der Waals surface area contributed by atoms with Crippen molar-refractivity contribution < 1.29 is 13.9 Å². The second-order valence-electron chi connectivity index (χ2n) is 10.3. The Morgan fingerprint density at radius 3 is 2.68 bits per heavy atom. The Morgan fingerprint density at radius 1 is 1.03 bits per heavy atom. The van der Waals surface area contributed by atoms with Crippen LogP contribution in [-0.2, 0) is 22.4 Å². The van der Waals surface area contributed by atoms with E-state index in [0.717, 1.165) is 57.4 Å². The summed E-state index contributed by atoms with van der Waals surface area (Å²) in [7, 11) is 0. The molecule has 1 atom stereocenters. The maximum absolute atomic E-state index is 13.7. The molecule has 5 nitrogen and oxygen atoms in total. The molecule has 180 valence electrons. The number of carbonyl (C=O) groups excluding carboxylic acids is 1. The Kier molecular flexibility index (Phi) is 7.02. The van der Waals surface area contributed by atoms with Crippen molar-refractivity contribution in [2.24, 2.45) is 11.3 Å². The minimum atomic E-state index is -0.275. The lowest BCUT2D eigenvalue weighted by Gasteiger charge is -2.41. The number of ether oxygens (including phenoxy) is 1. The fourth-order valence-electron chi connectivity index (χ4n) is 5.53. The summed E-state index contributed by atoms with van der Waals surface area (Å²) in [6.07, 6.45) is 5.57. The standard InChI is InChI=1S/C29H36N2O3/c1-29(12-15-30(16-13-29)14-10-23-6-3-2-4-7-23)28(32)31-17-19-33-22-24(21-31)20-25-8-5-9-27-26(25)11-18-34-27/h2-9,11,18,24H,10,12-17,19-22H2,1H3/t24-/m1/s1. The Balaban J connectivity index is 1.18. The number of furan rings is 1. The van der Waals surface area contributed by atoms with E-state index in [0.29, 0.717) is 31.6 Å². The van der Waals surface area contributed by atoms with Crippen molar-refractivity contribution in [3.63, 3.8) is 0 Å². The van der Waals surface area contributed by atoms with Gasteiger partial charge in [-0.1, -0.05) is 49.4 Å². The van der Waals surface area contributed by atoms with Gasteiger partial charge in [-0.2, -0.15) is 0 Å². The number of likely N-dealkylation sites (tertiary alicyclic amines) is 1. The van der Waals surface area contributed by atoms with Gasteiger partial charge in [0.1, 0.15) is 5.58 Å². The van der Waals surface area contributed by atoms with Crippen LogP contribution in [0.1, 0.15) is 30.9 Å². The molecule has 2 aliphatic rings. The molecule has 2 saturated heterocycles. The zero-order valence-electron chi connectivity index (χ0n) is 20.2. The lowest BCUT2D eigenvalue weighted by Crippen LogP contribution is -2.50. The van der Waals surface area contributed by atoms with Crippen LogP contribution in [0.15, 0.2) is 65.3 Å². The fourth-order valence-corrected chi connectivity index (χ4v) is 5.53. The molecule has 0 N–H and O–H groups in total. The first-order valence-electron chi connectivity index (χ1n) is 12.7. The molecule has 2 aromatic carbocycles. The Morgan fingerprint density at radius 2 is 1.85 bits per heavy atom. The van der Waals surface area contributed by atoms with Gasteiger partial charge in [0.25, 0.3) is 0 Å². The molecule has 5 heteroatoms. The van der Waals surface area contributed by atoms with E-state index in [-0.39, 0.29) is 5.41 Å². The molecular formula is C29H36N2O3. The van der Waals surface area contributed by atoms with E-state index in [9.17, 15) is 4.79 Å². The Bertz CT molecular complexity index is 1080. The highest BCUT2D eigenvalue weighted by Gasteiger charge is 2.40. The van der Waals surface area contributed by atoms with Crippen molar-refractivity contribution in [3.8, 4) is 0 Å². The molecule has 0 spiro atoms. The summed E-state index contributed by atoms with van der Waals surface area (Å²) in [6, 6.07) is 18.9. The third kappa shape index (κ3) is 5.21. The van der Waals surface area contributed by atoms with Crippen molar-refractivity contribution in [2.45, 2.75) is 32.6 Å². The highest BCUT2D eigenvalue weighted by atomic mass is 16.5. The average Bonchev–Trinajstić information content (AvgIpc) is 3.24. The van der Waals surface area contributed by atoms with Crippen LogP contribution in [0.25, 0.3) is 11.0 Å². The maximum atomic E-state index is 13.7. The van der Waals surface area contributed by atoms with E-state index < -0.39 is 0 Å². The smallest absolute Gasteiger partial charge is 0.228 e. The van der Waals surface area contributed by atoms with Crippen molar-refractivity contribution in [2.75, 3.05) is 45.9 Å². The molecule has 5 rings (SSSR count). The number of amides is 1. The summed E-state index contributed by atoms with van der Waals surface area (Å²) < 4.78 is 11.5. The third-order valence-electron chi connectivity index (χ3n) is 7.76. The highest BCUT2D eigenvalue weighted by molar-refractivity contribution is 5.83. The minimum absolute atomic E-state index is 0.275. The van der Waals surface area contributed by atoms with Crippen molar-refractivity contribution >= 4 is 16.9 Å². The lowest BCUT2D eigenvalue weighted by atomic mass is 9.78. The second kappa shape index (κ2) is 10.3. The largest absolute Gasteiger partial charge is 0.464 e. The van der Waals surface area contributed by atoms with E-state index in [1.54, 1.807) is 6.26 Å². The summed E-state index contributed by atoms with van der Waals surface area (Å²) in [5.74, 6) is 0.605. The number of benzene rings is 2. The number of carbonyl (C=O) groups is 1. The van der Waals surface area contributed by atoms with E-state index in [4.69, 9.17) is 9.15 Å². The second-order valence-corrected chi connectivity index (χ2v) is 10.3. The number of fused-ring (bicyclic) bond motifs is 1. The first-order chi connectivity index (χ1) is 16.6. The third-order valence-corrected chi connectivity index (χ3v) is 7.76. The van der Waals surface area contributed by atoms with Crippen LogP contribution in [-0.4, -0.2) is 61.6 Å². The number of piperidine rings is 1. The van der Waals surface area contributed by atoms with Crippen molar-refractivity contribution in [1.29, 1.82) is 0 Å². The van der Waals surface area contributed by atoms with Crippen LogP contribution in [0.5, 0.6) is 0 Å². The minimum Gasteiger partial charge on any atom is -0.464 e. The van der Waals surface area contributed by atoms with Crippen LogP contribution in [0.3, 0.4) is 0 Å². The average molecular weight is 461 g/mol. The van der Waals surface area contributed by atoms with Gasteiger partial charge in [0.15, 0.2) is 0 Å². The van der Waals surface area contributed by atoms with Gasteiger partial charge in [0, 0.05) is 36.4 Å². The molecule has 2 aliphatic heterocycles. The number of rotatable bonds is 6. The van der Waals surface area contributed by atoms with Crippen molar-refractivity contribution in [3.05, 3.63) is 72.0 Å². The summed E-state index contributed by atoms with van der Waals surface area (Å²) >= 11 is 0. The lowest BCUT2D eigenvalue weighted by molar-refractivity contribution is -0.144. The van der Waals surface area contributed by atoms with E-state index >= 15 is 0 Å². The Hall–Kier alpha value is -2.63. The molecule has 3 aromatic rings. The molecule has 2 fully saturated rings. The number of nitrogens with zero attached hydrogens (tertiary/aromatic N) is 2. The summed E-state index contributed by atoms with van der Waals surface area (Å²) in [4.78, 5) is 18.3. The topological polar surface area (TPSA) is 45.9 Å². The zero-order chi connectivity index (χ0) is 23.4. The van der Waals surface area contributed by atoms with Gasteiger partial charge in [-0.15, -0.1) is 0 Å². The summed E-state index contributed by atoms with van der Waals surface area (Å²) in [5.41, 5.74) is 3.30. The maximum Gasteiger partial charge on any atom is 0.228 e. The van der Waals surface area contributed by atoms with Gasteiger partial charge >= 0.3 is 0 Å². The molecule has 0 saturated carbocycles. The van der Waals surface area contributed by atoms with Gasteiger partial charge in [-0.25, -0.2) is 0 Å². The van der Waals surface area contributed by atoms with Gasteiger partial charge in [0.2, 0.25) is 5.91 Å². The van der Waals surface area contributed by atoms with Crippen molar-refractivity contribution in [1.82, 2.24) is 9.80 Å². The van der Waals surface area contributed by atoms with Gasteiger partial charge in [-0.3, -0.25) is 4.79 Å². The van der Waals surface area contributed by atoms with Crippen LogP contribution >= 0.6 is 0 Å². The molecule has 34 heavy (non-hydrogen) atoms. The number of hydrogen-bond donors (Lipinski definition) is 0.